The van der Waals surface area contributed by atoms with Crippen LogP contribution in [0, 0.1) is 11.8 Å². The van der Waals surface area contributed by atoms with Gasteiger partial charge in [-0.3, -0.25) is 0 Å². The second-order valence-electron chi connectivity index (χ2n) is 11.1. The number of carboxylic acid groups (broad SMARTS) is 1. The molecule has 2 aromatic carbocycles. The Morgan fingerprint density at radius 3 is 2.36 bits per heavy atom. The summed E-state index contributed by atoms with van der Waals surface area (Å²) in [6.07, 6.45) is -7.61. The summed E-state index contributed by atoms with van der Waals surface area (Å²) in [5.74, 6) is -5.67. The molecule has 7 N–H and O–H groups in total. The number of phenolic OH excluding ortho intramolecular Hbond substituents is 3. The van der Waals surface area contributed by atoms with Crippen LogP contribution >= 0.6 is 0 Å². The summed E-state index contributed by atoms with van der Waals surface area (Å²) in [4.78, 5) is 37.2. The number of rotatable bonds is 9. The summed E-state index contributed by atoms with van der Waals surface area (Å²) in [6.45, 7) is 3.24. The van der Waals surface area contributed by atoms with E-state index in [1.54, 1.807) is 0 Å². The Kier molecular flexibility index (Phi) is 9.83. The van der Waals surface area contributed by atoms with E-state index < -0.39 is 85.2 Å². The zero-order valence-electron chi connectivity index (χ0n) is 24.5. The van der Waals surface area contributed by atoms with Crippen LogP contribution in [-0.2, 0) is 33.3 Å². The predicted molar refractivity (Wildman–Crippen MR) is 156 cm³/mol. The standard InChI is InChI=1S/C32H32O15/c1-14-21(35)11-18-19(29(40)41)12-44-31(25(14)18)47-32-28(46-30(42)16-4-6-17(33)7-5-16)27(39)26(38)23(45-32)13-43-24(37)9-3-15-2-8-20(34)22(36)10-15/h2-10,12,18,21,23,25-28,31-36,38-39H,1,11,13H2,(H,40,41)/b9-3+/t18-,21+,23+,25-,26+,27-,28+,31+,32-/m1/s1. The maximum absolute atomic E-state index is 13.0. The molecule has 15 nitrogen and oxygen atoms in total. The number of aliphatic hydroxyl groups is 3. The highest BCUT2D eigenvalue weighted by Gasteiger charge is 2.53. The molecule has 0 amide bonds. The maximum atomic E-state index is 13.0. The third-order valence-electron chi connectivity index (χ3n) is 8.10. The molecule has 2 aliphatic heterocycles. The summed E-state index contributed by atoms with van der Waals surface area (Å²) < 4.78 is 28.1. The van der Waals surface area contributed by atoms with E-state index in [4.69, 9.17) is 23.7 Å². The van der Waals surface area contributed by atoms with Crippen LogP contribution in [0.5, 0.6) is 17.2 Å². The van der Waals surface area contributed by atoms with E-state index in [2.05, 4.69) is 6.58 Å². The molecule has 9 atom stereocenters. The first-order valence-electron chi connectivity index (χ1n) is 14.3. The molecule has 0 bridgehead atoms. The molecular weight excluding hydrogens is 624 g/mol. The lowest BCUT2D eigenvalue weighted by Crippen LogP contribution is -2.61. The van der Waals surface area contributed by atoms with Crippen molar-refractivity contribution in [3.63, 3.8) is 0 Å². The van der Waals surface area contributed by atoms with E-state index in [0.29, 0.717) is 5.56 Å². The van der Waals surface area contributed by atoms with Crippen LogP contribution in [0.2, 0.25) is 0 Å². The second-order valence-corrected chi connectivity index (χ2v) is 11.1. The number of carbonyl (C=O) groups excluding carboxylic acids is 2. The minimum Gasteiger partial charge on any atom is -0.508 e. The van der Waals surface area contributed by atoms with Gasteiger partial charge in [-0.25, -0.2) is 14.4 Å². The Morgan fingerprint density at radius 2 is 1.68 bits per heavy atom. The number of aromatic hydroxyl groups is 3. The average Bonchev–Trinajstić information content (AvgIpc) is 3.34. The van der Waals surface area contributed by atoms with Gasteiger partial charge in [0.1, 0.15) is 30.7 Å². The topological polar surface area (TPSA) is 239 Å². The molecule has 47 heavy (non-hydrogen) atoms. The largest absolute Gasteiger partial charge is 0.508 e. The van der Waals surface area contributed by atoms with E-state index in [9.17, 15) is 50.1 Å². The van der Waals surface area contributed by atoms with Crippen LogP contribution in [0.4, 0.5) is 0 Å². The molecule has 5 rings (SSSR count). The third-order valence-corrected chi connectivity index (χ3v) is 8.10. The molecule has 3 aliphatic rings. The third kappa shape index (κ3) is 7.24. The van der Waals surface area contributed by atoms with Gasteiger partial charge >= 0.3 is 17.9 Å². The van der Waals surface area contributed by atoms with Gasteiger partial charge in [-0.1, -0.05) is 12.6 Å². The van der Waals surface area contributed by atoms with Gasteiger partial charge in [-0.2, -0.15) is 0 Å². The number of ether oxygens (including phenoxy) is 5. The Labute approximate surface area is 266 Å². The minimum atomic E-state index is -1.86. The van der Waals surface area contributed by atoms with Gasteiger partial charge in [0.05, 0.1) is 29.4 Å². The van der Waals surface area contributed by atoms with Crippen molar-refractivity contribution in [1.29, 1.82) is 0 Å². The average molecular weight is 657 g/mol. The number of benzene rings is 2. The highest BCUT2D eigenvalue weighted by Crippen LogP contribution is 2.46. The fraction of sp³-hybridized carbons (Fsp3) is 0.344. The van der Waals surface area contributed by atoms with Crippen molar-refractivity contribution in [2.24, 2.45) is 11.8 Å². The SMILES string of the molecule is C=C1[C@H]2[C@H](O[C@H]3O[C@@H](COC(=O)/C=C/c4ccc(O)c(O)c4)[C@H](O)[C@@H](O)[C@@H]3OC(=O)c3ccc(O)cc3)OC=C(C(=O)O)[C@H]2C[C@@H]1O. The molecule has 2 aromatic rings. The summed E-state index contributed by atoms with van der Waals surface area (Å²) in [6, 6.07) is 8.83. The fourth-order valence-corrected chi connectivity index (χ4v) is 5.56. The van der Waals surface area contributed by atoms with Crippen LogP contribution < -0.4 is 0 Å². The first-order chi connectivity index (χ1) is 22.3. The Hall–Kier alpha value is -4.93. The van der Waals surface area contributed by atoms with Crippen molar-refractivity contribution in [1.82, 2.24) is 0 Å². The number of phenols is 3. The molecule has 0 radical (unpaired) electrons. The lowest BCUT2D eigenvalue weighted by Gasteiger charge is -2.43. The summed E-state index contributed by atoms with van der Waals surface area (Å²) in [5, 5.41) is 70.7. The Morgan fingerprint density at radius 1 is 0.957 bits per heavy atom. The molecule has 0 unspecified atom stereocenters. The highest BCUT2D eigenvalue weighted by atomic mass is 16.8. The molecule has 2 fully saturated rings. The summed E-state index contributed by atoms with van der Waals surface area (Å²) >= 11 is 0. The van der Waals surface area contributed by atoms with Crippen LogP contribution in [0.25, 0.3) is 6.08 Å². The van der Waals surface area contributed by atoms with Gasteiger partial charge in [0.25, 0.3) is 0 Å². The van der Waals surface area contributed by atoms with Crippen molar-refractivity contribution in [3.05, 3.63) is 83.7 Å². The Bertz CT molecular complexity index is 1580. The number of hydrogen-bond acceptors (Lipinski definition) is 14. The normalized spacial score (nSPS) is 30.2. The quantitative estimate of drug-likeness (QED) is 0.0860. The Balaban J connectivity index is 1.35. The number of carbonyl (C=O) groups is 3. The van der Waals surface area contributed by atoms with Gasteiger partial charge in [0, 0.05) is 12.0 Å². The van der Waals surface area contributed by atoms with Gasteiger partial charge in [0.15, 0.2) is 17.6 Å². The number of aliphatic carboxylic acids is 1. The second kappa shape index (κ2) is 13.8. The first kappa shape index (κ1) is 33.4. The zero-order valence-corrected chi connectivity index (χ0v) is 24.5. The van der Waals surface area contributed by atoms with Gasteiger partial charge < -0.3 is 59.4 Å². The van der Waals surface area contributed by atoms with Crippen molar-refractivity contribution in [2.45, 2.75) is 49.5 Å². The molecule has 0 spiro atoms. The zero-order chi connectivity index (χ0) is 34.0. The number of carboxylic acids is 1. The van der Waals surface area contributed by atoms with E-state index in [0.717, 1.165) is 12.3 Å². The van der Waals surface area contributed by atoms with E-state index in [1.807, 2.05) is 0 Å². The van der Waals surface area contributed by atoms with Crippen molar-refractivity contribution >= 4 is 24.0 Å². The molecule has 1 aliphatic carbocycles. The predicted octanol–water partition coefficient (Wildman–Crippen LogP) is 0.927. The molecule has 250 valence electrons. The molecular formula is C32H32O15. The smallest absolute Gasteiger partial charge is 0.338 e. The number of fused-ring (bicyclic) bond motifs is 1. The molecule has 1 saturated carbocycles. The van der Waals surface area contributed by atoms with E-state index in [-0.39, 0.29) is 34.6 Å². The minimum absolute atomic E-state index is 0.0207. The lowest BCUT2D eigenvalue weighted by atomic mass is 9.85. The fourth-order valence-electron chi connectivity index (χ4n) is 5.56. The van der Waals surface area contributed by atoms with Crippen molar-refractivity contribution in [3.8, 4) is 17.2 Å². The molecule has 15 heteroatoms. The van der Waals surface area contributed by atoms with Crippen LogP contribution in [0.15, 0.2) is 72.5 Å². The van der Waals surface area contributed by atoms with Gasteiger partial charge in [-0.15, -0.1) is 0 Å². The molecule has 2 heterocycles. The maximum Gasteiger partial charge on any atom is 0.338 e. The number of hydrogen-bond donors (Lipinski definition) is 7. The van der Waals surface area contributed by atoms with Crippen LogP contribution in [-0.4, -0.2) is 103 Å². The number of esters is 2. The van der Waals surface area contributed by atoms with Gasteiger partial charge in [0.2, 0.25) is 12.6 Å². The summed E-state index contributed by atoms with van der Waals surface area (Å²) in [7, 11) is 0. The van der Waals surface area contributed by atoms with Crippen LogP contribution in [0.1, 0.15) is 22.3 Å². The lowest BCUT2D eigenvalue weighted by molar-refractivity contribution is -0.338. The van der Waals surface area contributed by atoms with Crippen molar-refractivity contribution < 1.29 is 73.8 Å². The van der Waals surface area contributed by atoms with E-state index in [1.165, 1.54) is 48.5 Å². The summed E-state index contributed by atoms with van der Waals surface area (Å²) in [5.41, 5.74) is 0.435. The van der Waals surface area contributed by atoms with E-state index >= 15 is 0 Å². The van der Waals surface area contributed by atoms with Gasteiger partial charge in [-0.05, 0) is 60.0 Å². The van der Waals surface area contributed by atoms with Crippen molar-refractivity contribution in [2.75, 3.05) is 6.61 Å². The molecule has 0 aromatic heterocycles. The number of aliphatic hydroxyl groups excluding tert-OH is 3. The van der Waals surface area contributed by atoms with Crippen LogP contribution in [0.3, 0.4) is 0 Å². The first-order valence-corrected chi connectivity index (χ1v) is 14.3. The molecule has 1 saturated heterocycles. The monoisotopic (exact) mass is 656 g/mol. The highest BCUT2D eigenvalue weighted by molar-refractivity contribution is 5.90.